The molecule has 0 aliphatic heterocycles. The summed E-state index contributed by atoms with van der Waals surface area (Å²) in [5.41, 5.74) is 7.42. The number of halogens is 1. The van der Waals surface area contributed by atoms with Crippen LogP contribution in [0.25, 0.3) is 10.8 Å². The first-order chi connectivity index (χ1) is 8.77. The standard InChI is InChI=1S/C14H11ClN2S/c15-12-5-7-18-14(12)13(16)11-3-1-2-9-8-17-6-4-10(9)11/h1-8,13H,16H2. The maximum atomic E-state index is 6.33. The number of benzene rings is 1. The number of nitrogens with two attached hydrogens (primary N) is 1. The van der Waals surface area contributed by atoms with E-state index in [2.05, 4.69) is 4.98 Å². The number of fused-ring (bicyclic) bond motifs is 1. The largest absolute Gasteiger partial charge is 0.320 e. The summed E-state index contributed by atoms with van der Waals surface area (Å²) in [5, 5.41) is 4.92. The Kier molecular flexibility index (Phi) is 3.04. The third kappa shape index (κ3) is 1.90. The summed E-state index contributed by atoms with van der Waals surface area (Å²) in [6.45, 7) is 0. The van der Waals surface area contributed by atoms with Gasteiger partial charge in [-0.2, -0.15) is 0 Å². The maximum absolute atomic E-state index is 6.33. The van der Waals surface area contributed by atoms with Crippen LogP contribution in [-0.4, -0.2) is 4.98 Å². The number of hydrogen-bond donors (Lipinski definition) is 1. The zero-order valence-corrected chi connectivity index (χ0v) is 11.1. The monoisotopic (exact) mass is 274 g/mol. The topological polar surface area (TPSA) is 38.9 Å². The number of aromatic nitrogens is 1. The second kappa shape index (κ2) is 4.69. The Morgan fingerprint density at radius 2 is 2.11 bits per heavy atom. The van der Waals surface area contributed by atoms with Crippen molar-refractivity contribution in [3.05, 3.63) is 63.6 Å². The minimum absolute atomic E-state index is 0.191. The first-order valence-electron chi connectivity index (χ1n) is 5.58. The van der Waals surface area contributed by atoms with Crippen molar-refractivity contribution in [3.63, 3.8) is 0 Å². The van der Waals surface area contributed by atoms with Gasteiger partial charge in [0.15, 0.2) is 0 Å². The lowest BCUT2D eigenvalue weighted by Gasteiger charge is -2.13. The van der Waals surface area contributed by atoms with E-state index < -0.39 is 0 Å². The van der Waals surface area contributed by atoms with E-state index >= 15 is 0 Å². The van der Waals surface area contributed by atoms with Crippen molar-refractivity contribution < 1.29 is 0 Å². The number of nitrogens with zero attached hydrogens (tertiary/aromatic N) is 1. The minimum atomic E-state index is -0.191. The highest BCUT2D eigenvalue weighted by molar-refractivity contribution is 7.10. The molecule has 2 aromatic heterocycles. The summed E-state index contributed by atoms with van der Waals surface area (Å²) in [7, 11) is 0. The van der Waals surface area contributed by atoms with E-state index in [1.54, 1.807) is 17.5 Å². The summed E-state index contributed by atoms with van der Waals surface area (Å²) in [6.07, 6.45) is 3.64. The van der Waals surface area contributed by atoms with Gasteiger partial charge in [0.2, 0.25) is 0 Å². The molecule has 0 saturated heterocycles. The summed E-state index contributed by atoms with van der Waals surface area (Å²) < 4.78 is 0. The van der Waals surface area contributed by atoms with Gasteiger partial charge in [-0.05, 0) is 28.5 Å². The van der Waals surface area contributed by atoms with Crippen molar-refractivity contribution in [2.75, 3.05) is 0 Å². The van der Waals surface area contributed by atoms with E-state index in [4.69, 9.17) is 17.3 Å². The van der Waals surface area contributed by atoms with Crippen LogP contribution in [0.4, 0.5) is 0 Å². The lowest BCUT2D eigenvalue weighted by molar-refractivity contribution is 0.903. The van der Waals surface area contributed by atoms with Crippen LogP contribution in [0, 0.1) is 0 Å². The molecule has 3 rings (SSSR count). The predicted octanol–water partition coefficient (Wildman–Crippen LogP) is 4.00. The fourth-order valence-corrected chi connectivity index (χ4v) is 3.28. The van der Waals surface area contributed by atoms with Crippen molar-refractivity contribution in [2.24, 2.45) is 5.73 Å². The van der Waals surface area contributed by atoms with Crippen LogP contribution >= 0.6 is 22.9 Å². The van der Waals surface area contributed by atoms with Gasteiger partial charge in [-0.25, -0.2) is 0 Å². The van der Waals surface area contributed by atoms with Crippen molar-refractivity contribution >= 4 is 33.7 Å². The van der Waals surface area contributed by atoms with Crippen molar-refractivity contribution in [2.45, 2.75) is 6.04 Å². The molecular weight excluding hydrogens is 264 g/mol. The zero-order chi connectivity index (χ0) is 12.5. The summed E-state index contributed by atoms with van der Waals surface area (Å²) in [5.74, 6) is 0. The van der Waals surface area contributed by atoms with Gasteiger partial charge in [0.1, 0.15) is 0 Å². The summed E-state index contributed by atoms with van der Waals surface area (Å²) >= 11 is 7.74. The van der Waals surface area contributed by atoms with Crippen molar-refractivity contribution in [1.29, 1.82) is 0 Å². The Bertz CT molecular complexity index is 688. The quantitative estimate of drug-likeness (QED) is 0.767. The molecule has 2 nitrogen and oxygen atoms in total. The molecule has 2 N–H and O–H groups in total. The lowest BCUT2D eigenvalue weighted by Crippen LogP contribution is -2.11. The van der Waals surface area contributed by atoms with Crippen LogP contribution in [0.2, 0.25) is 5.02 Å². The molecule has 90 valence electrons. The Labute approximate surface area is 114 Å². The third-order valence-electron chi connectivity index (χ3n) is 2.98. The molecule has 0 aliphatic rings. The van der Waals surface area contributed by atoms with Gasteiger partial charge in [0, 0.05) is 22.7 Å². The molecule has 0 fully saturated rings. The van der Waals surface area contributed by atoms with Gasteiger partial charge in [0.25, 0.3) is 0 Å². The van der Waals surface area contributed by atoms with E-state index in [1.807, 2.05) is 41.9 Å². The molecule has 1 atom stereocenters. The van der Waals surface area contributed by atoms with Crippen molar-refractivity contribution in [1.82, 2.24) is 4.98 Å². The minimum Gasteiger partial charge on any atom is -0.320 e. The Morgan fingerprint density at radius 3 is 2.89 bits per heavy atom. The third-order valence-corrected chi connectivity index (χ3v) is 4.42. The van der Waals surface area contributed by atoms with E-state index in [0.29, 0.717) is 0 Å². The van der Waals surface area contributed by atoms with Gasteiger partial charge in [-0.3, -0.25) is 4.98 Å². The van der Waals surface area contributed by atoms with E-state index in [9.17, 15) is 0 Å². The predicted molar refractivity (Wildman–Crippen MR) is 77.1 cm³/mol. The van der Waals surface area contributed by atoms with Crippen LogP contribution in [0.5, 0.6) is 0 Å². The van der Waals surface area contributed by atoms with Gasteiger partial charge in [-0.1, -0.05) is 29.8 Å². The average molecular weight is 275 g/mol. The molecule has 0 radical (unpaired) electrons. The molecule has 3 aromatic rings. The van der Waals surface area contributed by atoms with Crippen LogP contribution < -0.4 is 5.73 Å². The zero-order valence-electron chi connectivity index (χ0n) is 9.51. The number of pyridine rings is 1. The molecule has 1 aromatic carbocycles. The van der Waals surface area contributed by atoms with Crippen molar-refractivity contribution in [3.8, 4) is 0 Å². The van der Waals surface area contributed by atoms with Crippen LogP contribution in [-0.2, 0) is 0 Å². The Hall–Kier alpha value is -1.42. The average Bonchev–Trinajstić information content (AvgIpc) is 2.83. The Morgan fingerprint density at radius 1 is 1.22 bits per heavy atom. The Balaban J connectivity index is 2.18. The highest BCUT2D eigenvalue weighted by Gasteiger charge is 2.16. The highest BCUT2D eigenvalue weighted by atomic mass is 35.5. The summed E-state index contributed by atoms with van der Waals surface area (Å²) in [6, 6.07) is 9.77. The second-order valence-corrected chi connectivity index (χ2v) is 5.41. The first kappa shape index (κ1) is 11.7. The van der Waals surface area contributed by atoms with Crippen LogP contribution in [0.15, 0.2) is 48.1 Å². The number of rotatable bonds is 2. The van der Waals surface area contributed by atoms with Gasteiger partial charge >= 0.3 is 0 Å². The molecule has 0 spiro atoms. The fraction of sp³-hybridized carbons (Fsp3) is 0.0714. The molecule has 4 heteroatoms. The smallest absolute Gasteiger partial charge is 0.0667 e. The number of thiophene rings is 1. The van der Waals surface area contributed by atoms with Gasteiger partial charge < -0.3 is 5.73 Å². The molecule has 0 saturated carbocycles. The molecule has 0 aliphatic carbocycles. The molecule has 0 bridgehead atoms. The molecule has 1 unspecified atom stereocenters. The fourth-order valence-electron chi connectivity index (χ4n) is 2.09. The molecule has 2 heterocycles. The first-order valence-corrected chi connectivity index (χ1v) is 6.84. The molecule has 0 amide bonds. The molecule has 18 heavy (non-hydrogen) atoms. The lowest BCUT2D eigenvalue weighted by atomic mass is 10.00. The van der Waals surface area contributed by atoms with Crippen LogP contribution in [0.1, 0.15) is 16.5 Å². The van der Waals surface area contributed by atoms with E-state index in [-0.39, 0.29) is 6.04 Å². The highest BCUT2D eigenvalue weighted by Crippen LogP contribution is 2.33. The van der Waals surface area contributed by atoms with Crippen LogP contribution in [0.3, 0.4) is 0 Å². The number of hydrogen-bond acceptors (Lipinski definition) is 3. The summed E-state index contributed by atoms with van der Waals surface area (Å²) in [4.78, 5) is 5.13. The van der Waals surface area contributed by atoms with Gasteiger partial charge in [-0.15, -0.1) is 11.3 Å². The van der Waals surface area contributed by atoms with E-state index in [1.165, 1.54) is 0 Å². The van der Waals surface area contributed by atoms with Gasteiger partial charge in [0.05, 0.1) is 11.1 Å². The molecular formula is C14H11ClN2S. The maximum Gasteiger partial charge on any atom is 0.0667 e. The second-order valence-electron chi connectivity index (χ2n) is 4.05. The van der Waals surface area contributed by atoms with E-state index in [0.717, 1.165) is 26.2 Å². The SMILES string of the molecule is NC(c1sccc1Cl)c1cccc2cnccc12. The normalized spacial score (nSPS) is 12.8.